The SMILES string of the molecule is O=C(O)C(F)(F)F.O=C(O)C(F)(F)F.O=C1NCC[C@]12CN(Cc1cccnc1)C[C@H]2c1ccccc1. The van der Waals surface area contributed by atoms with Gasteiger partial charge in [-0.05, 0) is 23.6 Å². The summed E-state index contributed by atoms with van der Waals surface area (Å²) < 4.78 is 63.5. The van der Waals surface area contributed by atoms with Crippen LogP contribution in [0.25, 0.3) is 0 Å². The monoisotopic (exact) mass is 535 g/mol. The molecule has 1 aromatic heterocycles. The van der Waals surface area contributed by atoms with E-state index in [4.69, 9.17) is 19.8 Å². The number of carboxylic acid groups (broad SMARTS) is 2. The Kier molecular flexibility index (Phi) is 9.61. The molecule has 4 rings (SSSR count). The molecule has 0 unspecified atom stereocenters. The molecular weight excluding hydrogens is 512 g/mol. The molecule has 2 aliphatic rings. The van der Waals surface area contributed by atoms with E-state index in [9.17, 15) is 31.1 Å². The van der Waals surface area contributed by atoms with E-state index in [-0.39, 0.29) is 17.2 Å². The van der Waals surface area contributed by atoms with Crippen LogP contribution in [0.1, 0.15) is 23.5 Å². The fourth-order valence-electron chi connectivity index (χ4n) is 4.16. The Morgan fingerprint density at radius 3 is 2.00 bits per heavy atom. The van der Waals surface area contributed by atoms with Crippen molar-refractivity contribution in [3.8, 4) is 0 Å². The zero-order chi connectivity index (χ0) is 27.9. The molecule has 2 atom stereocenters. The molecule has 2 aliphatic heterocycles. The third-order valence-corrected chi connectivity index (χ3v) is 5.74. The van der Waals surface area contributed by atoms with Gasteiger partial charge >= 0.3 is 24.3 Å². The lowest BCUT2D eigenvalue weighted by Crippen LogP contribution is -2.37. The Hall–Kier alpha value is -3.68. The van der Waals surface area contributed by atoms with Crippen LogP contribution in [0.15, 0.2) is 54.9 Å². The van der Waals surface area contributed by atoms with Gasteiger partial charge in [-0.25, -0.2) is 9.59 Å². The van der Waals surface area contributed by atoms with Crippen molar-refractivity contribution in [3.05, 3.63) is 66.0 Å². The third kappa shape index (κ3) is 8.17. The highest BCUT2D eigenvalue weighted by molar-refractivity contribution is 5.86. The number of halogens is 6. The van der Waals surface area contributed by atoms with Crippen LogP contribution in [0.3, 0.4) is 0 Å². The number of amides is 1. The first kappa shape index (κ1) is 29.5. The van der Waals surface area contributed by atoms with Crippen LogP contribution in [-0.4, -0.2) is 69.9 Å². The third-order valence-electron chi connectivity index (χ3n) is 5.74. The lowest BCUT2D eigenvalue weighted by Gasteiger charge is -2.27. The molecule has 1 spiro atoms. The van der Waals surface area contributed by atoms with Crippen LogP contribution in [0.4, 0.5) is 26.3 Å². The summed E-state index contributed by atoms with van der Waals surface area (Å²) in [5, 5.41) is 17.3. The summed E-state index contributed by atoms with van der Waals surface area (Å²) >= 11 is 0. The maximum Gasteiger partial charge on any atom is 0.490 e. The molecule has 2 aromatic rings. The number of hydrogen-bond acceptors (Lipinski definition) is 5. The van der Waals surface area contributed by atoms with Crippen molar-refractivity contribution >= 4 is 17.8 Å². The number of carbonyl (C=O) groups excluding carboxylic acids is 1. The van der Waals surface area contributed by atoms with Gasteiger partial charge in [0.1, 0.15) is 0 Å². The van der Waals surface area contributed by atoms with Gasteiger partial charge in [0.15, 0.2) is 0 Å². The maximum atomic E-state index is 12.6. The topological polar surface area (TPSA) is 120 Å². The minimum atomic E-state index is -5.08. The van der Waals surface area contributed by atoms with Gasteiger partial charge in [-0.1, -0.05) is 36.4 Å². The minimum Gasteiger partial charge on any atom is -0.475 e. The van der Waals surface area contributed by atoms with Crippen molar-refractivity contribution in [1.29, 1.82) is 0 Å². The Morgan fingerprint density at radius 2 is 1.57 bits per heavy atom. The molecule has 37 heavy (non-hydrogen) atoms. The molecule has 202 valence electrons. The fraction of sp³-hybridized carbons (Fsp3) is 0.391. The van der Waals surface area contributed by atoms with Gasteiger partial charge in [0.25, 0.3) is 0 Å². The predicted octanol–water partition coefficient (Wildman–Crippen LogP) is 3.45. The first-order valence-corrected chi connectivity index (χ1v) is 10.7. The molecule has 0 aliphatic carbocycles. The molecule has 2 saturated heterocycles. The van der Waals surface area contributed by atoms with Gasteiger partial charge in [0, 0.05) is 44.5 Å². The molecule has 14 heteroatoms. The van der Waals surface area contributed by atoms with Gasteiger partial charge in [-0.2, -0.15) is 26.3 Å². The van der Waals surface area contributed by atoms with Crippen LogP contribution in [0, 0.1) is 5.41 Å². The number of aromatic nitrogens is 1. The number of nitrogens with zero attached hydrogens (tertiary/aromatic N) is 2. The van der Waals surface area contributed by atoms with Crippen molar-refractivity contribution in [2.75, 3.05) is 19.6 Å². The Labute approximate surface area is 206 Å². The molecule has 2 fully saturated rings. The molecule has 3 heterocycles. The summed E-state index contributed by atoms with van der Waals surface area (Å²) in [6, 6.07) is 14.6. The zero-order valence-corrected chi connectivity index (χ0v) is 19.1. The summed E-state index contributed by atoms with van der Waals surface area (Å²) in [7, 11) is 0. The molecule has 8 nitrogen and oxygen atoms in total. The largest absolute Gasteiger partial charge is 0.490 e. The van der Waals surface area contributed by atoms with Crippen LogP contribution < -0.4 is 5.32 Å². The number of carboxylic acids is 2. The average Bonchev–Trinajstić information content (AvgIpc) is 3.37. The summed E-state index contributed by atoms with van der Waals surface area (Å²) in [6.45, 7) is 3.40. The highest BCUT2D eigenvalue weighted by atomic mass is 19.4. The lowest BCUT2D eigenvalue weighted by atomic mass is 9.73. The van der Waals surface area contributed by atoms with E-state index in [1.807, 2.05) is 18.3 Å². The fourth-order valence-corrected chi connectivity index (χ4v) is 4.16. The highest BCUT2D eigenvalue weighted by Crippen LogP contribution is 2.47. The van der Waals surface area contributed by atoms with Crippen molar-refractivity contribution in [1.82, 2.24) is 15.2 Å². The maximum absolute atomic E-state index is 12.6. The zero-order valence-electron chi connectivity index (χ0n) is 19.1. The summed E-state index contributed by atoms with van der Waals surface area (Å²) in [5.74, 6) is -5.03. The van der Waals surface area contributed by atoms with Gasteiger partial charge in [-0.15, -0.1) is 0 Å². The first-order chi connectivity index (χ1) is 17.2. The normalized spacial score (nSPS) is 21.4. The molecule has 1 amide bonds. The number of aliphatic carboxylic acids is 2. The molecule has 0 bridgehead atoms. The van der Waals surface area contributed by atoms with E-state index in [2.05, 4.69) is 45.5 Å². The van der Waals surface area contributed by atoms with E-state index in [0.29, 0.717) is 0 Å². The standard InChI is InChI=1S/C19H21N3O.2C2HF3O2/c23-18-19(8-10-21-18)14-22(12-15-5-4-9-20-11-15)13-17(19)16-6-2-1-3-7-16;2*3-2(4,5)1(6)7/h1-7,9,11,17H,8,10,12-14H2,(H,21,23);2*(H,6,7)/t17-,19+;;/m0../s1. The van der Waals surface area contributed by atoms with Crippen molar-refractivity contribution in [3.63, 3.8) is 0 Å². The first-order valence-electron chi connectivity index (χ1n) is 10.7. The smallest absolute Gasteiger partial charge is 0.475 e. The Morgan fingerprint density at radius 1 is 1.00 bits per heavy atom. The van der Waals surface area contributed by atoms with Crippen molar-refractivity contribution < 1.29 is 50.9 Å². The van der Waals surface area contributed by atoms with Crippen LogP contribution in [0.2, 0.25) is 0 Å². The van der Waals surface area contributed by atoms with Gasteiger partial charge in [-0.3, -0.25) is 14.7 Å². The number of rotatable bonds is 3. The number of alkyl halides is 6. The van der Waals surface area contributed by atoms with Crippen molar-refractivity contribution in [2.45, 2.75) is 31.2 Å². The van der Waals surface area contributed by atoms with E-state index in [1.54, 1.807) is 6.20 Å². The van der Waals surface area contributed by atoms with Crippen LogP contribution >= 0.6 is 0 Å². The number of likely N-dealkylation sites (tertiary alicyclic amines) is 1. The molecule has 0 radical (unpaired) electrons. The number of benzene rings is 1. The second-order valence-corrected chi connectivity index (χ2v) is 8.26. The molecular formula is C23H23F6N3O5. The van der Waals surface area contributed by atoms with E-state index in [0.717, 1.165) is 32.6 Å². The minimum absolute atomic E-state index is 0.222. The molecule has 3 N–H and O–H groups in total. The number of carbonyl (C=O) groups is 3. The van der Waals surface area contributed by atoms with E-state index < -0.39 is 24.3 Å². The summed E-state index contributed by atoms with van der Waals surface area (Å²) in [6.07, 6.45) is -5.53. The number of hydrogen-bond donors (Lipinski definition) is 3. The average molecular weight is 535 g/mol. The van der Waals surface area contributed by atoms with Crippen LogP contribution in [-0.2, 0) is 20.9 Å². The summed E-state index contributed by atoms with van der Waals surface area (Å²) in [5.41, 5.74) is 2.21. The van der Waals surface area contributed by atoms with Crippen molar-refractivity contribution in [2.24, 2.45) is 5.41 Å². The Balaban J connectivity index is 0.000000286. The second-order valence-electron chi connectivity index (χ2n) is 8.26. The second kappa shape index (κ2) is 12.0. The summed E-state index contributed by atoms with van der Waals surface area (Å²) in [4.78, 5) is 37.0. The molecule has 0 saturated carbocycles. The Bertz CT molecular complexity index is 1040. The number of pyridine rings is 1. The number of nitrogens with one attached hydrogen (secondary N) is 1. The highest BCUT2D eigenvalue weighted by Gasteiger charge is 2.54. The van der Waals surface area contributed by atoms with E-state index >= 15 is 0 Å². The van der Waals surface area contributed by atoms with Gasteiger partial charge in [0.2, 0.25) is 5.91 Å². The lowest BCUT2D eigenvalue weighted by molar-refractivity contribution is -0.193. The van der Waals surface area contributed by atoms with Gasteiger partial charge < -0.3 is 15.5 Å². The quantitative estimate of drug-likeness (QED) is 0.515. The van der Waals surface area contributed by atoms with E-state index in [1.165, 1.54) is 11.1 Å². The predicted molar refractivity (Wildman–Crippen MR) is 116 cm³/mol. The van der Waals surface area contributed by atoms with Gasteiger partial charge in [0.05, 0.1) is 5.41 Å². The van der Waals surface area contributed by atoms with Crippen LogP contribution in [0.5, 0.6) is 0 Å². The molecule has 1 aromatic carbocycles.